The minimum atomic E-state index is -0.948. The Morgan fingerprint density at radius 1 is 1.29 bits per heavy atom. The topological polar surface area (TPSA) is 80.0 Å². The maximum atomic E-state index is 14.1. The highest BCUT2D eigenvalue weighted by Gasteiger charge is 2.34. The number of benzene rings is 1. The molecule has 0 aliphatic carbocycles. The number of likely N-dealkylation sites (tertiary alicyclic amines) is 1. The zero-order valence-corrected chi connectivity index (χ0v) is 18.2. The molecule has 1 aliphatic heterocycles. The number of carbonyl (C=O) groups is 1. The van der Waals surface area contributed by atoms with E-state index in [0.29, 0.717) is 60.2 Å². The molecule has 0 bridgehead atoms. The zero-order chi connectivity index (χ0) is 22.1. The van der Waals surface area contributed by atoms with Gasteiger partial charge in [0.1, 0.15) is 0 Å². The van der Waals surface area contributed by atoms with Crippen LogP contribution in [-0.4, -0.2) is 50.3 Å². The van der Waals surface area contributed by atoms with Crippen molar-refractivity contribution in [3.05, 3.63) is 46.1 Å². The van der Waals surface area contributed by atoms with Crippen molar-refractivity contribution in [3.8, 4) is 5.88 Å². The van der Waals surface area contributed by atoms with Crippen molar-refractivity contribution in [1.29, 1.82) is 0 Å². The summed E-state index contributed by atoms with van der Waals surface area (Å²) in [7, 11) is 0. The molecule has 1 atom stereocenters. The van der Waals surface area contributed by atoms with E-state index < -0.39 is 17.7 Å². The van der Waals surface area contributed by atoms with Crippen molar-refractivity contribution in [2.75, 3.05) is 19.7 Å². The van der Waals surface area contributed by atoms with Crippen LogP contribution in [0.2, 0.25) is 0 Å². The van der Waals surface area contributed by atoms with Gasteiger partial charge in [-0.2, -0.15) is 4.52 Å². The number of aromatic hydroxyl groups is 1. The Bertz CT molecular complexity index is 1090. The van der Waals surface area contributed by atoms with Gasteiger partial charge in [0.15, 0.2) is 17.5 Å². The van der Waals surface area contributed by atoms with Crippen LogP contribution in [-0.2, 0) is 16.0 Å². The van der Waals surface area contributed by atoms with Crippen LogP contribution in [0.3, 0.4) is 0 Å². The van der Waals surface area contributed by atoms with Crippen LogP contribution >= 0.6 is 11.3 Å². The van der Waals surface area contributed by atoms with Gasteiger partial charge in [0.25, 0.3) is 0 Å². The number of hydrogen-bond acceptors (Lipinski definition) is 7. The molecule has 1 aliphatic rings. The Balaban J connectivity index is 1.69. The fourth-order valence-corrected chi connectivity index (χ4v) is 5.12. The molecule has 0 spiro atoms. The van der Waals surface area contributed by atoms with E-state index in [4.69, 9.17) is 4.74 Å². The average molecular weight is 451 g/mol. The first-order chi connectivity index (χ1) is 14.9. The van der Waals surface area contributed by atoms with E-state index >= 15 is 0 Å². The second kappa shape index (κ2) is 8.88. The number of rotatable bonds is 6. The lowest BCUT2D eigenvalue weighted by Gasteiger charge is -2.36. The molecule has 7 nitrogen and oxygen atoms in total. The van der Waals surface area contributed by atoms with Crippen molar-refractivity contribution >= 4 is 22.3 Å². The molecule has 0 amide bonds. The molecule has 0 radical (unpaired) electrons. The summed E-state index contributed by atoms with van der Waals surface area (Å²) in [6.07, 6.45) is 1.80. The molecule has 1 saturated heterocycles. The third-order valence-corrected chi connectivity index (χ3v) is 6.65. The van der Waals surface area contributed by atoms with Crippen LogP contribution in [0.1, 0.15) is 49.0 Å². The van der Waals surface area contributed by atoms with Crippen molar-refractivity contribution in [3.63, 3.8) is 0 Å². The van der Waals surface area contributed by atoms with Crippen molar-refractivity contribution in [2.24, 2.45) is 5.92 Å². The van der Waals surface area contributed by atoms with Crippen molar-refractivity contribution < 1.29 is 23.4 Å². The van der Waals surface area contributed by atoms with E-state index in [1.165, 1.54) is 21.9 Å². The molecule has 31 heavy (non-hydrogen) atoms. The maximum Gasteiger partial charge on any atom is 0.309 e. The number of piperidine rings is 1. The number of carbonyl (C=O) groups excluding carboxylic acids is 1. The fraction of sp³-hybridized carbons (Fsp3) is 0.476. The van der Waals surface area contributed by atoms with Gasteiger partial charge in [0, 0.05) is 6.42 Å². The zero-order valence-electron chi connectivity index (χ0n) is 17.3. The number of thiazole rings is 1. The van der Waals surface area contributed by atoms with Crippen LogP contribution < -0.4 is 0 Å². The largest absolute Gasteiger partial charge is 0.492 e. The maximum absolute atomic E-state index is 14.1. The van der Waals surface area contributed by atoms with Gasteiger partial charge in [-0.1, -0.05) is 24.3 Å². The normalized spacial score (nSPS) is 16.6. The molecule has 4 rings (SSSR count). The van der Waals surface area contributed by atoms with Crippen LogP contribution in [0.5, 0.6) is 5.88 Å². The van der Waals surface area contributed by atoms with Gasteiger partial charge in [-0.3, -0.25) is 9.69 Å². The molecule has 1 N–H and O–H groups in total. The number of halogens is 2. The van der Waals surface area contributed by atoms with Crippen molar-refractivity contribution in [2.45, 2.75) is 39.2 Å². The summed E-state index contributed by atoms with van der Waals surface area (Å²) >= 11 is 1.27. The number of nitrogens with zero attached hydrogens (tertiary/aromatic N) is 4. The van der Waals surface area contributed by atoms with Crippen molar-refractivity contribution in [1.82, 2.24) is 19.5 Å². The molecule has 1 fully saturated rings. The fourth-order valence-electron chi connectivity index (χ4n) is 3.98. The lowest BCUT2D eigenvalue weighted by atomic mass is 9.93. The first-order valence-corrected chi connectivity index (χ1v) is 11.2. The van der Waals surface area contributed by atoms with Gasteiger partial charge >= 0.3 is 5.97 Å². The van der Waals surface area contributed by atoms with Gasteiger partial charge in [0.05, 0.1) is 23.4 Å². The Hall–Kier alpha value is -2.59. The summed E-state index contributed by atoms with van der Waals surface area (Å²) in [6, 6.07) is 3.25. The predicted octanol–water partition coefficient (Wildman–Crippen LogP) is 3.70. The van der Waals surface area contributed by atoms with Crippen LogP contribution in [0.15, 0.2) is 18.2 Å². The number of esters is 1. The quantitative estimate of drug-likeness (QED) is 0.577. The van der Waals surface area contributed by atoms with Gasteiger partial charge in [-0.25, -0.2) is 13.8 Å². The highest BCUT2D eigenvalue weighted by Crippen LogP contribution is 2.41. The van der Waals surface area contributed by atoms with Crippen LogP contribution in [0.25, 0.3) is 4.96 Å². The number of ether oxygens (including phenoxy) is 1. The number of aryl methyl sites for hydroxylation is 1. The standard InChI is InChI=1S/C21H24F2N4O3S/c1-3-16-24-21-27(25-16)19(28)18(31-21)17(13-5-6-14(22)15(23)11-13)26-9-7-12(8-10-26)20(29)30-4-2/h5-6,11-12,17,28H,3-4,7-10H2,1-2H3/t17-/m1/s1. The Kier molecular flexibility index (Phi) is 6.19. The van der Waals surface area contributed by atoms with Gasteiger partial charge < -0.3 is 9.84 Å². The summed E-state index contributed by atoms with van der Waals surface area (Å²) in [5.74, 6) is -1.72. The highest BCUT2D eigenvalue weighted by atomic mass is 32.1. The molecular weight excluding hydrogens is 426 g/mol. The number of aromatic nitrogens is 3. The molecule has 3 heterocycles. The summed E-state index contributed by atoms with van der Waals surface area (Å²) in [4.78, 5) is 19.7. The Morgan fingerprint density at radius 2 is 2.03 bits per heavy atom. The first kappa shape index (κ1) is 21.6. The van der Waals surface area contributed by atoms with E-state index in [1.54, 1.807) is 6.92 Å². The molecule has 0 unspecified atom stereocenters. The second-order valence-corrected chi connectivity index (χ2v) is 8.51. The number of hydrogen-bond donors (Lipinski definition) is 1. The van der Waals surface area contributed by atoms with Crippen LogP contribution in [0, 0.1) is 17.6 Å². The van der Waals surface area contributed by atoms with E-state index in [0.717, 1.165) is 12.1 Å². The first-order valence-electron chi connectivity index (χ1n) is 10.4. The molecule has 1 aromatic carbocycles. The van der Waals surface area contributed by atoms with E-state index in [1.807, 2.05) is 6.92 Å². The molecule has 10 heteroatoms. The third-order valence-electron chi connectivity index (χ3n) is 5.58. The highest BCUT2D eigenvalue weighted by molar-refractivity contribution is 7.17. The molecule has 2 aromatic heterocycles. The van der Waals surface area contributed by atoms with E-state index in [9.17, 15) is 18.7 Å². The molecule has 166 valence electrons. The van der Waals surface area contributed by atoms with Gasteiger partial charge in [0.2, 0.25) is 10.8 Å². The molecule has 0 saturated carbocycles. The Morgan fingerprint density at radius 3 is 2.65 bits per heavy atom. The lowest BCUT2D eigenvalue weighted by molar-refractivity contribution is -0.149. The predicted molar refractivity (Wildman–Crippen MR) is 111 cm³/mol. The minimum absolute atomic E-state index is 0.0607. The monoisotopic (exact) mass is 450 g/mol. The summed E-state index contributed by atoms with van der Waals surface area (Å²) in [5, 5.41) is 15.2. The van der Waals surface area contributed by atoms with Gasteiger partial charge in [-0.15, -0.1) is 5.10 Å². The SMILES string of the molecule is CCOC(=O)C1CCN([C@H](c2ccc(F)c(F)c2)c2sc3nc(CC)nn3c2O)CC1. The van der Waals surface area contributed by atoms with Crippen LogP contribution in [0.4, 0.5) is 8.78 Å². The van der Waals surface area contributed by atoms with E-state index in [2.05, 4.69) is 15.0 Å². The molecular formula is C21H24F2N4O3S. The lowest BCUT2D eigenvalue weighted by Crippen LogP contribution is -2.39. The summed E-state index contributed by atoms with van der Waals surface area (Å²) < 4.78 is 34.2. The van der Waals surface area contributed by atoms with E-state index in [-0.39, 0.29) is 17.8 Å². The second-order valence-electron chi connectivity index (χ2n) is 7.50. The smallest absolute Gasteiger partial charge is 0.309 e. The summed E-state index contributed by atoms with van der Waals surface area (Å²) in [6.45, 7) is 5.13. The number of fused-ring (bicyclic) bond motifs is 1. The molecule has 3 aromatic rings. The minimum Gasteiger partial charge on any atom is -0.492 e. The summed E-state index contributed by atoms with van der Waals surface area (Å²) in [5.41, 5.74) is 0.518. The average Bonchev–Trinajstić information content (AvgIpc) is 3.31. The Labute approximate surface area is 182 Å². The third kappa shape index (κ3) is 4.14. The van der Waals surface area contributed by atoms with Gasteiger partial charge in [-0.05, 0) is 50.6 Å².